The molecule has 6 nitrogen and oxygen atoms in total. The maximum Gasteiger partial charge on any atom is 0.273 e. The Morgan fingerprint density at radius 1 is 1.04 bits per heavy atom. The van der Waals surface area contributed by atoms with Gasteiger partial charge in [0.25, 0.3) is 5.91 Å². The van der Waals surface area contributed by atoms with Crippen LogP contribution in [0, 0.1) is 0 Å². The standard InChI is InChI=1S/C19H22N4O2/c24-18(22-12-10-20-11-13-22)15-23(14-16-6-2-1-3-7-16)19(25)17-8-4-5-9-21-17/h1-9,20H,10-15H2. The molecular formula is C19H22N4O2. The van der Waals surface area contributed by atoms with Gasteiger partial charge >= 0.3 is 0 Å². The Labute approximate surface area is 147 Å². The molecule has 25 heavy (non-hydrogen) atoms. The molecule has 0 bridgehead atoms. The molecule has 1 aromatic heterocycles. The second-order valence-corrected chi connectivity index (χ2v) is 5.99. The van der Waals surface area contributed by atoms with E-state index in [0.29, 0.717) is 25.3 Å². The molecule has 0 radical (unpaired) electrons. The first kappa shape index (κ1) is 17.1. The number of carbonyl (C=O) groups excluding carboxylic acids is 2. The molecule has 0 atom stereocenters. The summed E-state index contributed by atoms with van der Waals surface area (Å²) in [6, 6.07) is 14.9. The van der Waals surface area contributed by atoms with Crippen molar-refractivity contribution in [3.05, 3.63) is 66.0 Å². The normalized spacial score (nSPS) is 14.2. The number of nitrogens with zero attached hydrogens (tertiary/aromatic N) is 3. The van der Waals surface area contributed by atoms with Gasteiger partial charge in [-0.2, -0.15) is 0 Å². The monoisotopic (exact) mass is 338 g/mol. The van der Waals surface area contributed by atoms with E-state index in [1.54, 1.807) is 34.2 Å². The smallest absolute Gasteiger partial charge is 0.273 e. The fourth-order valence-corrected chi connectivity index (χ4v) is 2.83. The van der Waals surface area contributed by atoms with E-state index < -0.39 is 0 Å². The van der Waals surface area contributed by atoms with Gasteiger partial charge in [0.1, 0.15) is 12.2 Å². The van der Waals surface area contributed by atoms with Crippen LogP contribution in [0.25, 0.3) is 0 Å². The van der Waals surface area contributed by atoms with Crippen LogP contribution in [0.1, 0.15) is 16.1 Å². The molecule has 1 aromatic carbocycles. The number of piperazine rings is 1. The van der Waals surface area contributed by atoms with Crippen LogP contribution in [0.3, 0.4) is 0 Å². The Bertz CT molecular complexity index is 700. The SMILES string of the molecule is O=C(CN(Cc1ccccc1)C(=O)c1ccccn1)N1CCNCC1. The molecule has 0 aliphatic carbocycles. The van der Waals surface area contributed by atoms with Crippen molar-refractivity contribution in [2.24, 2.45) is 0 Å². The topological polar surface area (TPSA) is 65.5 Å². The van der Waals surface area contributed by atoms with Crippen LogP contribution in [-0.4, -0.2) is 59.3 Å². The molecule has 1 aliphatic heterocycles. The summed E-state index contributed by atoms with van der Waals surface area (Å²) >= 11 is 0. The predicted molar refractivity (Wildman–Crippen MR) is 94.9 cm³/mol. The van der Waals surface area contributed by atoms with Crippen molar-refractivity contribution >= 4 is 11.8 Å². The molecule has 1 fully saturated rings. The van der Waals surface area contributed by atoms with Gasteiger partial charge in [-0.05, 0) is 17.7 Å². The fourth-order valence-electron chi connectivity index (χ4n) is 2.83. The van der Waals surface area contributed by atoms with Crippen molar-refractivity contribution in [3.8, 4) is 0 Å². The maximum absolute atomic E-state index is 12.8. The number of benzene rings is 1. The minimum atomic E-state index is -0.229. The first-order valence-corrected chi connectivity index (χ1v) is 8.47. The molecule has 3 rings (SSSR count). The molecule has 1 saturated heterocycles. The molecule has 1 aliphatic rings. The minimum absolute atomic E-state index is 0.0262. The number of aromatic nitrogens is 1. The number of amides is 2. The quantitative estimate of drug-likeness (QED) is 0.888. The molecule has 0 unspecified atom stereocenters. The van der Waals surface area contributed by atoms with Gasteiger partial charge < -0.3 is 15.1 Å². The van der Waals surface area contributed by atoms with Gasteiger partial charge in [-0.3, -0.25) is 14.6 Å². The zero-order valence-electron chi connectivity index (χ0n) is 14.1. The summed E-state index contributed by atoms with van der Waals surface area (Å²) in [5.41, 5.74) is 1.34. The van der Waals surface area contributed by atoms with E-state index in [2.05, 4.69) is 10.3 Å². The van der Waals surface area contributed by atoms with Gasteiger partial charge in [-0.15, -0.1) is 0 Å². The number of pyridine rings is 1. The van der Waals surface area contributed by atoms with Crippen LogP contribution in [-0.2, 0) is 11.3 Å². The first-order chi connectivity index (χ1) is 12.2. The molecular weight excluding hydrogens is 316 g/mol. The molecule has 2 aromatic rings. The first-order valence-electron chi connectivity index (χ1n) is 8.47. The van der Waals surface area contributed by atoms with Crippen molar-refractivity contribution in [1.29, 1.82) is 0 Å². The Morgan fingerprint density at radius 3 is 2.44 bits per heavy atom. The van der Waals surface area contributed by atoms with E-state index in [4.69, 9.17) is 0 Å². The van der Waals surface area contributed by atoms with Crippen LogP contribution in [0.5, 0.6) is 0 Å². The van der Waals surface area contributed by atoms with E-state index in [1.807, 2.05) is 30.3 Å². The number of hydrogen-bond donors (Lipinski definition) is 1. The highest BCUT2D eigenvalue weighted by Gasteiger charge is 2.24. The summed E-state index contributed by atoms with van der Waals surface area (Å²) < 4.78 is 0. The summed E-state index contributed by atoms with van der Waals surface area (Å²) in [7, 11) is 0. The molecule has 6 heteroatoms. The molecule has 2 amide bonds. The third-order valence-electron chi connectivity index (χ3n) is 4.18. The van der Waals surface area contributed by atoms with Crippen molar-refractivity contribution in [2.45, 2.75) is 6.54 Å². The summed E-state index contributed by atoms with van der Waals surface area (Å²) in [4.78, 5) is 33.0. The van der Waals surface area contributed by atoms with Crippen LogP contribution in [0.15, 0.2) is 54.7 Å². The van der Waals surface area contributed by atoms with Crippen molar-refractivity contribution in [3.63, 3.8) is 0 Å². The van der Waals surface area contributed by atoms with Gasteiger partial charge in [-0.25, -0.2) is 0 Å². The highest BCUT2D eigenvalue weighted by atomic mass is 16.2. The van der Waals surface area contributed by atoms with E-state index >= 15 is 0 Å². The summed E-state index contributed by atoms with van der Waals surface area (Å²) in [5, 5.41) is 3.23. The van der Waals surface area contributed by atoms with Crippen LogP contribution < -0.4 is 5.32 Å². The highest BCUT2D eigenvalue weighted by molar-refractivity contribution is 5.94. The average molecular weight is 338 g/mol. The number of rotatable bonds is 5. The molecule has 2 heterocycles. The molecule has 0 saturated carbocycles. The lowest BCUT2D eigenvalue weighted by Crippen LogP contribution is -2.50. The second kappa shape index (κ2) is 8.39. The van der Waals surface area contributed by atoms with Gasteiger partial charge in [-0.1, -0.05) is 36.4 Å². The van der Waals surface area contributed by atoms with E-state index in [-0.39, 0.29) is 18.4 Å². The maximum atomic E-state index is 12.8. The zero-order chi connectivity index (χ0) is 17.5. The number of hydrogen-bond acceptors (Lipinski definition) is 4. The largest absolute Gasteiger partial charge is 0.339 e. The third kappa shape index (κ3) is 4.64. The average Bonchev–Trinajstić information content (AvgIpc) is 2.69. The Kier molecular flexibility index (Phi) is 5.74. The Balaban J connectivity index is 1.76. The van der Waals surface area contributed by atoms with Gasteiger partial charge in [0.2, 0.25) is 5.91 Å². The second-order valence-electron chi connectivity index (χ2n) is 5.99. The van der Waals surface area contributed by atoms with Crippen molar-refractivity contribution < 1.29 is 9.59 Å². The minimum Gasteiger partial charge on any atom is -0.339 e. The van der Waals surface area contributed by atoms with Gasteiger partial charge in [0, 0.05) is 38.9 Å². The lowest BCUT2D eigenvalue weighted by Gasteiger charge is -2.30. The van der Waals surface area contributed by atoms with Gasteiger partial charge in [0.15, 0.2) is 0 Å². The predicted octanol–water partition coefficient (Wildman–Crippen LogP) is 1.16. The Hall–Kier alpha value is -2.73. The summed E-state index contributed by atoms with van der Waals surface area (Å²) in [5.74, 6) is -0.255. The van der Waals surface area contributed by atoms with Crippen molar-refractivity contribution in [2.75, 3.05) is 32.7 Å². The van der Waals surface area contributed by atoms with Crippen LogP contribution in [0.4, 0.5) is 0 Å². The Morgan fingerprint density at radius 2 is 1.76 bits per heavy atom. The number of carbonyl (C=O) groups is 2. The highest BCUT2D eigenvalue weighted by Crippen LogP contribution is 2.10. The third-order valence-corrected chi connectivity index (χ3v) is 4.18. The summed E-state index contributed by atoms with van der Waals surface area (Å²) in [6.45, 7) is 3.38. The fraction of sp³-hybridized carbons (Fsp3) is 0.316. The zero-order valence-corrected chi connectivity index (χ0v) is 14.1. The lowest BCUT2D eigenvalue weighted by atomic mass is 10.2. The molecule has 130 valence electrons. The molecule has 0 spiro atoms. The van der Waals surface area contributed by atoms with Gasteiger partial charge in [0.05, 0.1) is 0 Å². The lowest BCUT2D eigenvalue weighted by molar-refractivity contribution is -0.132. The summed E-state index contributed by atoms with van der Waals surface area (Å²) in [6.07, 6.45) is 1.59. The van der Waals surface area contributed by atoms with Crippen LogP contribution >= 0.6 is 0 Å². The molecule has 1 N–H and O–H groups in total. The van der Waals surface area contributed by atoms with E-state index in [9.17, 15) is 9.59 Å². The van der Waals surface area contributed by atoms with Crippen LogP contribution in [0.2, 0.25) is 0 Å². The number of nitrogens with one attached hydrogen (secondary N) is 1. The van der Waals surface area contributed by atoms with Crippen molar-refractivity contribution in [1.82, 2.24) is 20.1 Å². The van der Waals surface area contributed by atoms with E-state index in [0.717, 1.165) is 18.7 Å². The van der Waals surface area contributed by atoms with E-state index in [1.165, 1.54) is 0 Å².